The molecular weight excluding hydrogens is 341 g/mol. The van der Waals surface area contributed by atoms with Gasteiger partial charge in [-0.25, -0.2) is 13.2 Å². The minimum absolute atomic E-state index is 0.00914. The molecule has 0 saturated carbocycles. The lowest BCUT2D eigenvalue weighted by Gasteiger charge is -2.09. The van der Waals surface area contributed by atoms with Crippen molar-refractivity contribution in [3.8, 4) is 0 Å². The molecule has 1 heterocycles. The van der Waals surface area contributed by atoms with Gasteiger partial charge >= 0.3 is 0 Å². The molecule has 0 spiro atoms. The van der Waals surface area contributed by atoms with E-state index in [0.717, 1.165) is 21.9 Å². The van der Waals surface area contributed by atoms with Gasteiger partial charge in [0.15, 0.2) is 23.2 Å². The molecule has 0 fully saturated rings. The number of ketones is 1. The number of Topliss-reactive ketones (excluding diaryl/α,β-unsaturated/α-hetero) is 1. The Hall–Kier alpha value is -2.35. The van der Waals surface area contributed by atoms with Crippen LogP contribution in [0.25, 0.3) is 0 Å². The Morgan fingerprint density at radius 1 is 1.08 bits per heavy atom. The molecule has 0 saturated heterocycles. The number of carbonyl (C=O) groups excluding carboxylic acids is 2. The van der Waals surface area contributed by atoms with Gasteiger partial charge < -0.3 is 0 Å². The molecule has 24 heavy (non-hydrogen) atoms. The number of nitrogens with one attached hydrogen (secondary N) is 2. The second kappa shape index (κ2) is 7.48. The molecule has 0 bridgehead atoms. The van der Waals surface area contributed by atoms with Crippen molar-refractivity contribution in [1.29, 1.82) is 0 Å². The molecule has 4 nitrogen and oxygen atoms in total. The van der Waals surface area contributed by atoms with Gasteiger partial charge in [-0.3, -0.25) is 20.4 Å². The summed E-state index contributed by atoms with van der Waals surface area (Å²) in [6.07, 6.45) is -0.129. The fraction of sp³-hybridized carbons (Fsp3) is 0.250. The van der Waals surface area contributed by atoms with E-state index in [2.05, 4.69) is 10.9 Å². The van der Waals surface area contributed by atoms with Crippen molar-refractivity contribution in [2.24, 2.45) is 0 Å². The van der Waals surface area contributed by atoms with Crippen LogP contribution in [0.5, 0.6) is 0 Å². The van der Waals surface area contributed by atoms with E-state index < -0.39 is 29.0 Å². The third kappa shape index (κ3) is 4.14. The van der Waals surface area contributed by atoms with Gasteiger partial charge in [0.1, 0.15) is 0 Å². The quantitative estimate of drug-likeness (QED) is 0.469. The van der Waals surface area contributed by atoms with E-state index in [0.29, 0.717) is 5.56 Å². The zero-order valence-electron chi connectivity index (χ0n) is 13.0. The molecule has 1 amide bonds. The first kappa shape index (κ1) is 18.0. The molecule has 2 aromatic rings. The summed E-state index contributed by atoms with van der Waals surface area (Å²) in [4.78, 5) is 25.6. The molecule has 1 aromatic heterocycles. The number of amides is 1. The Kier molecular flexibility index (Phi) is 5.61. The highest BCUT2D eigenvalue weighted by molar-refractivity contribution is 7.12. The SMILES string of the molecule is Cc1cc(C(=O)CCC(=O)NNc2ccc(F)c(F)c2F)c(C)s1. The molecular formula is C16H15F3N2O2S. The highest BCUT2D eigenvalue weighted by atomic mass is 32.1. The second-order valence-corrected chi connectivity index (χ2v) is 6.61. The number of hydrogen-bond donors (Lipinski definition) is 2. The van der Waals surface area contributed by atoms with E-state index in [4.69, 9.17) is 0 Å². The summed E-state index contributed by atoms with van der Waals surface area (Å²) in [5.74, 6) is -5.12. The van der Waals surface area contributed by atoms with Gasteiger partial charge in [0.05, 0.1) is 5.69 Å². The molecule has 128 valence electrons. The van der Waals surface area contributed by atoms with E-state index in [-0.39, 0.29) is 18.6 Å². The number of benzene rings is 1. The fourth-order valence-electron chi connectivity index (χ4n) is 2.09. The summed E-state index contributed by atoms with van der Waals surface area (Å²) >= 11 is 1.50. The second-order valence-electron chi connectivity index (χ2n) is 5.15. The van der Waals surface area contributed by atoms with Crippen LogP contribution in [0.3, 0.4) is 0 Å². The van der Waals surface area contributed by atoms with Crippen LogP contribution in [-0.2, 0) is 4.79 Å². The Morgan fingerprint density at radius 2 is 1.79 bits per heavy atom. The van der Waals surface area contributed by atoms with E-state index in [9.17, 15) is 22.8 Å². The van der Waals surface area contributed by atoms with Gasteiger partial charge in [-0.1, -0.05) is 0 Å². The molecule has 0 unspecified atom stereocenters. The lowest BCUT2D eigenvalue weighted by atomic mass is 10.1. The van der Waals surface area contributed by atoms with Crippen molar-refractivity contribution in [3.63, 3.8) is 0 Å². The lowest BCUT2D eigenvalue weighted by molar-refractivity contribution is -0.120. The first-order chi connectivity index (χ1) is 11.3. The van der Waals surface area contributed by atoms with E-state index >= 15 is 0 Å². The smallest absolute Gasteiger partial charge is 0.238 e. The van der Waals surface area contributed by atoms with Crippen LogP contribution in [0, 0.1) is 31.3 Å². The maximum atomic E-state index is 13.4. The summed E-state index contributed by atoms with van der Waals surface area (Å²) < 4.78 is 39.3. The zero-order chi connectivity index (χ0) is 17.9. The van der Waals surface area contributed by atoms with Crippen molar-refractivity contribution in [1.82, 2.24) is 5.43 Å². The first-order valence-electron chi connectivity index (χ1n) is 7.08. The molecule has 0 aliphatic carbocycles. The molecule has 0 aliphatic rings. The van der Waals surface area contributed by atoms with Crippen molar-refractivity contribution >= 4 is 28.7 Å². The van der Waals surface area contributed by atoms with E-state index in [1.54, 1.807) is 6.07 Å². The van der Waals surface area contributed by atoms with Crippen LogP contribution < -0.4 is 10.9 Å². The maximum absolute atomic E-state index is 13.4. The summed E-state index contributed by atoms with van der Waals surface area (Å²) in [6, 6.07) is 3.46. The molecule has 8 heteroatoms. The zero-order valence-corrected chi connectivity index (χ0v) is 13.8. The maximum Gasteiger partial charge on any atom is 0.238 e. The highest BCUT2D eigenvalue weighted by Crippen LogP contribution is 2.22. The van der Waals surface area contributed by atoms with Crippen molar-refractivity contribution in [2.45, 2.75) is 26.7 Å². The van der Waals surface area contributed by atoms with Crippen LogP contribution >= 0.6 is 11.3 Å². The fourth-order valence-corrected chi connectivity index (χ4v) is 3.03. The van der Waals surface area contributed by atoms with E-state index in [1.165, 1.54) is 11.3 Å². The molecule has 1 aromatic carbocycles. The molecule has 2 rings (SSSR count). The van der Waals surface area contributed by atoms with Gasteiger partial charge in [0.2, 0.25) is 5.91 Å². The van der Waals surface area contributed by atoms with Crippen LogP contribution in [-0.4, -0.2) is 11.7 Å². The average Bonchev–Trinajstić information content (AvgIpc) is 2.88. The first-order valence-corrected chi connectivity index (χ1v) is 7.90. The van der Waals surface area contributed by atoms with Crippen LogP contribution in [0.4, 0.5) is 18.9 Å². The third-order valence-corrected chi connectivity index (χ3v) is 4.26. The number of anilines is 1. The third-order valence-electron chi connectivity index (χ3n) is 3.29. The normalized spacial score (nSPS) is 10.5. The number of thiophene rings is 1. The predicted octanol–water partition coefficient (Wildman–Crippen LogP) is 3.89. The van der Waals surface area contributed by atoms with Gasteiger partial charge in [0, 0.05) is 28.2 Å². The minimum Gasteiger partial charge on any atom is -0.296 e. The Morgan fingerprint density at radius 3 is 2.42 bits per heavy atom. The number of hydrogen-bond acceptors (Lipinski definition) is 4. The Balaban J connectivity index is 1.87. The van der Waals surface area contributed by atoms with Crippen molar-refractivity contribution in [3.05, 3.63) is 51.0 Å². The average molecular weight is 356 g/mol. The summed E-state index contributed by atoms with van der Waals surface area (Å²) in [7, 11) is 0. The van der Waals surface area contributed by atoms with Gasteiger partial charge in [0.25, 0.3) is 0 Å². The van der Waals surface area contributed by atoms with Gasteiger partial charge in [-0.15, -0.1) is 11.3 Å². The van der Waals surface area contributed by atoms with Crippen molar-refractivity contribution < 1.29 is 22.8 Å². The molecule has 2 N–H and O–H groups in total. The standard InChI is InChI=1S/C16H15F3N2O2S/c1-8-7-10(9(2)24-8)13(22)5-6-14(23)21-20-12-4-3-11(17)15(18)16(12)19/h3-4,7,20H,5-6H2,1-2H3,(H,21,23). The number of halogens is 3. The highest BCUT2D eigenvalue weighted by Gasteiger charge is 2.15. The Labute approximate surface area is 140 Å². The number of carbonyl (C=O) groups is 2. The molecule has 0 radical (unpaired) electrons. The minimum atomic E-state index is -1.63. The lowest BCUT2D eigenvalue weighted by Crippen LogP contribution is -2.30. The Bertz CT molecular complexity index is 790. The monoisotopic (exact) mass is 356 g/mol. The van der Waals surface area contributed by atoms with Crippen molar-refractivity contribution in [2.75, 3.05) is 5.43 Å². The summed E-state index contributed by atoms with van der Waals surface area (Å²) in [5, 5.41) is 0. The van der Waals surface area contributed by atoms with Crippen LogP contribution in [0.15, 0.2) is 18.2 Å². The molecule has 0 aliphatic heterocycles. The predicted molar refractivity (Wildman–Crippen MR) is 85.4 cm³/mol. The number of aryl methyl sites for hydroxylation is 2. The van der Waals surface area contributed by atoms with Crippen LogP contribution in [0.2, 0.25) is 0 Å². The number of rotatable bonds is 6. The molecule has 0 atom stereocenters. The van der Waals surface area contributed by atoms with Gasteiger partial charge in [-0.05, 0) is 32.0 Å². The largest absolute Gasteiger partial charge is 0.296 e. The number of hydrazine groups is 1. The van der Waals surface area contributed by atoms with Gasteiger partial charge in [-0.2, -0.15) is 0 Å². The summed E-state index contributed by atoms with van der Waals surface area (Å²) in [5.41, 5.74) is 4.50. The van der Waals surface area contributed by atoms with Crippen LogP contribution in [0.1, 0.15) is 33.0 Å². The topological polar surface area (TPSA) is 58.2 Å². The summed E-state index contributed by atoms with van der Waals surface area (Å²) in [6.45, 7) is 3.72. The van der Waals surface area contributed by atoms with E-state index in [1.807, 2.05) is 13.8 Å².